The third-order valence-corrected chi connectivity index (χ3v) is 4.91. The number of nitrogens with two attached hydrogens (primary N) is 3. The molecule has 1 amide bonds. The lowest BCUT2D eigenvalue weighted by molar-refractivity contribution is -0.118. The second-order valence-electron chi connectivity index (χ2n) is 6.63. The molecule has 8 heteroatoms. The molecule has 7 N–H and O–H groups in total. The molecule has 1 aliphatic carbocycles. The number of nitrogens with one attached hydrogen (secondary N) is 1. The third kappa shape index (κ3) is 3.45. The van der Waals surface area contributed by atoms with Crippen LogP contribution in [-0.4, -0.2) is 19.1 Å². The second kappa shape index (κ2) is 7.75. The first kappa shape index (κ1) is 19.5. The van der Waals surface area contributed by atoms with E-state index in [0.29, 0.717) is 0 Å². The SMILES string of the molecule is COc1cccc(-c2c(F)ccc(/C(N)=C(\N)C(=O)NC3CCC3)c2N)c1F. The van der Waals surface area contributed by atoms with Crippen molar-refractivity contribution in [2.24, 2.45) is 11.5 Å². The molecule has 1 saturated carbocycles. The molecule has 2 aromatic rings. The monoisotopic (exact) mass is 388 g/mol. The maximum Gasteiger partial charge on any atom is 0.269 e. The first-order valence-corrected chi connectivity index (χ1v) is 8.82. The summed E-state index contributed by atoms with van der Waals surface area (Å²) in [5.41, 5.74) is 17.5. The Labute approximate surface area is 161 Å². The van der Waals surface area contributed by atoms with Gasteiger partial charge in [0.15, 0.2) is 11.6 Å². The molecule has 28 heavy (non-hydrogen) atoms. The highest BCUT2D eigenvalue weighted by Gasteiger charge is 2.24. The molecule has 0 heterocycles. The molecule has 0 radical (unpaired) electrons. The third-order valence-electron chi connectivity index (χ3n) is 4.91. The minimum Gasteiger partial charge on any atom is -0.494 e. The average Bonchev–Trinajstić information content (AvgIpc) is 2.64. The van der Waals surface area contributed by atoms with Crippen LogP contribution in [0.15, 0.2) is 36.0 Å². The van der Waals surface area contributed by atoms with E-state index in [-0.39, 0.29) is 45.6 Å². The Bertz CT molecular complexity index is 955. The van der Waals surface area contributed by atoms with Crippen LogP contribution in [0.1, 0.15) is 24.8 Å². The van der Waals surface area contributed by atoms with Gasteiger partial charge in [0.1, 0.15) is 11.5 Å². The van der Waals surface area contributed by atoms with E-state index >= 15 is 0 Å². The summed E-state index contributed by atoms with van der Waals surface area (Å²) >= 11 is 0. The van der Waals surface area contributed by atoms with Gasteiger partial charge in [0.2, 0.25) is 0 Å². The number of hydrogen-bond donors (Lipinski definition) is 4. The minimum atomic E-state index is -0.758. The predicted octanol–water partition coefficient (Wildman–Crippen LogP) is 2.48. The van der Waals surface area contributed by atoms with E-state index in [1.807, 2.05) is 0 Å². The fraction of sp³-hybridized carbons (Fsp3) is 0.250. The topological polar surface area (TPSA) is 116 Å². The van der Waals surface area contributed by atoms with Crippen LogP contribution in [0, 0.1) is 11.6 Å². The fourth-order valence-electron chi connectivity index (χ4n) is 3.05. The number of anilines is 1. The van der Waals surface area contributed by atoms with E-state index in [1.54, 1.807) is 0 Å². The first-order valence-electron chi connectivity index (χ1n) is 8.82. The molecule has 0 saturated heterocycles. The maximum atomic E-state index is 14.6. The van der Waals surface area contributed by atoms with Crippen LogP contribution in [0.4, 0.5) is 14.5 Å². The normalized spacial score (nSPS) is 14.8. The fourth-order valence-corrected chi connectivity index (χ4v) is 3.05. The Kier molecular flexibility index (Phi) is 5.39. The first-order chi connectivity index (χ1) is 13.3. The Balaban J connectivity index is 2.06. The van der Waals surface area contributed by atoms with Crippen molar-refractivity contribution in [2.45, 2.75) is 25.3 Å². The zero-order chi connectivity index (χ0) is 20.4. The molecule has 148 valence electrons. The molecule has 0 bridgehead atoms. The molecule has 0 atom stereocenters. The Morgan fingerprint density at radius 1 is 1.18 bits per heavy atom. The summed E-state index contributed by atoms with van der Waals surface area (Å²) in [6, 6.07) is 6.79. The smallest absolute Gasteiger partial charge is 0.269 e. The summed E-state index contributed by atoms with van der Waals surface area (Å²) < 4.78 is 34.1. The largest absolute Gasteiger partial charge is 0.494 e. The van der Waals surface area contributed by atoms with Crippen molar-refractivity contribution in [3.8, 4) is 16.9 Å². The molecule has 0 spiro atoms. The van der Waals surface area contributed by atoms with Gasteiger partial charge in [-0.2, -0.15) is 0 Å². The van der Waals surface area contributed by atoms with E-state index in [4.69, 9.17) is 21.9 Å². The number of ether oxygens (including phenoxy) is 1. The van der Waals surface area contributed by atoms with E-state index in [1.165, 1.54) is 31.4 Å². The number of halogens is 2. The van der Waals surface area contributed by atoms with Gasteiger partial charge in [-0.25, -0.2) is 8.78 Å². The van der Waals surface area contributed by atoms with Gasteiger partial charge >= 0.3 is 0 Å². The minimum absolute atomic E-state index is 0.0513. The van der Waals surface area contributed by atoms with Gasteiger partial charge < -0.3 is 27.3 Å². The molecule has 1 fully saturated rings. The Morgan fingerprint density at radius 3 is 2.50 bits per heavy atom. The van der Waals surface area contributed by atoms with Crippen LogP contribution in [0.25, 0.3) is 16.8 Å². The number of hydrogen-bond acceptors (Lipinski definition) is 5. The van der Waals surface area contributed by atoms with Crippen molar-refractivity contribution in [1.82, 2.24) is 5.32 Å². The highest BCUT2D eigenvalue weighted by molar-refractivity contribution is 6.02. The van der Waals surface area contributed by atoms with E-state index in [2.05, 4.69) is 5.32 Å². The van der Waals surface area contributed by atoms with Crippen LogP contribution >= 0.6 is 0 Å². The van der Waals surface area contributed by atoms with E-state index in [0.717, 1.165) is 25.3 Å². The summed E-state index contributed by atoms with van der Waals surface area (Å²) in [5.74, 6) is -2.06. The zero-order valence-corrected chi connectivity index (χ0v) is 15.4. The van der Waals surface area contributed by atoms with Crippen LogP contribution in [-0.2, 0) is 4.79 Å². The van der Waals surface area contributed by atoms with Crippen LogP contribution in [0.3, 0.4) is 0 Å². The highest BCUT2D eigenvalue weighted by Crippen LogP contribution is 2.37. The number of carbonyl (C=O) groups excluding carboxylic acids is 1. The summed E-state index contributed by atoms with van der Waals surface area (Å²) in [6.07, 6.45) is 2.82. The van der Waals surface area contributed by atoms with Gasteiger partial charge in [-0.1, -0.05) is 12.1 Å². The highest BCUT2D eigenvalue weighted by atomic mass is 19.1. The lowest BCUT2D eigenvalue weighted by Gasteiger charge is -2.26. The lowest BCUT2D eigenvalue weighted by atomic mass is 9.93. The average molecular weight is 388 g/mol. The quantitative estimate of drug-likeness (QED) is 0.464. The molecule has 0 unspecified atom stereocenters. The Hall–Kier alpha value is -3.29. The van der Waals surface area contributed by atoms with Gasteiger partial charge in [0, 0.05) is 22.7 Å². The number of methoxy groups -OCH3 is 1. The van der Waals surface area contributed by atoms with Crippen molar-refractivity contribution in [1.29, 1.82) is 0 Å². The van der Waals surface area contributed by atoms with Crippen LogP contribution in [0.2, 0.25) is 0 Å². The zero-order valence-electron chi connectivity index (χ0n) is 15.4. The van der Waals surface area contributed by atoms with Crippen LogP contribution < -0.4 is 27.3 Å². The number of benzene rings is 2. The number of nitrogen functional groups attached to an aromatic ring is 1. The van der Waals surface area contributed by atoms with E-state index < -0.39 is 17.5 Å². The summed E-state index contributed by atoms with van der Waals surface area (Å²) in [5, 5.41) is 2.77. The standard InChI is InChI=1S/C20H22F2N4O2/c1-28-14-7-3-6-11(16(14)22)15-13(21)9-8-12(17(15)23)18(24)19(25)20(27)26-10-4-2-5-10/h3,6-10H,2,4-5,23-25H2,1H3,(H,26,27)/b19-18+. The van der Waals surface area contributed by atoms with Crippen molar-refractivity contribution in [3.63, 3.8) is 0 Å². The van der Waals surface area contributed by atoms with Gasteiger partial charge in [0.25, 0.3) is 5.91 Å². The molecular formula is C20H22F2N4O2. The van der Waals surface area contributed by atoms with Crippen molar-refractivity contribution in [2.75, 3.05) is 12.8 Å². The number of rotatable bonds is 5. The summed E-state index contributed by atoms with van der Waals surface area (Å²) in [6.45, 7) is 0. The van der Waals surface area contributed by atoms with Gasteiger partial charge in [-0.15, -0.1) is 0 Å². The molecule has 0 aliphatic heterocycles. The van der Waals surface area contributed by atoms with E-state index in [9.17, 15) is 13.6 Å². The molecular weight excluding hydrogens is 366 g/mol. The van der Waals surface area contributed by atoms with Crippen molar-refractivity contribution in [3.05, 3.63) is 53.2 Å². The molecule has 0 aromatic heterocycles. The summed E-state index contributed by atoms with van der Waals surface area (Å²) in [7, 11) is 1.31. The lowest BCUT2D eigenvalue weighted by Crippen LogP contribution is -2.42. The van der Waals surface area contributed by atoms with Crippen molar-refractivity contribution >= 4 is 17.3 Å². The number of carbonyl (C=O) groups is 1. The number of amides is 1. The molecule has 2 aromatic carbocycles. The van der Waals surface area contributed by atoms with Gasteiger partial charge in [-0.05, 0) is 37.5 Å². The van der Waals surface area contributed by atoms with Crippen molar-refractivity contribution < 1.29 is 18.3 Å². The van der Waals surface area contributed by atoms with Crippen LogP contribution in [0.5, 0.6) is 5.75 Å². The predicted molar refractivity (Wildman–Crippen MR) is 104 cm³/mol. The Morgan fingerprint density at radius 2 is 1.89 bits per heavy atom. The molecule has 3 rings (SSSR count). The molecule has 1 aliphatic rings. The molecule has 6 nitrogen and oxygen atoms in total. The second-order valence-corrected chi connectivity index (χ2v) is 6.63. The summed E-state index contributed by atoms with van der Waals surface area (Å²) in [4.78, 5) is 12.3. The van der Waals surface area contributed by atoms with Gasteiger partial charge in [0.05, 0.1) is 18.5 Å². The maximum absolute atomic E-state index is 14.6. The van der Waals surface area contributed by atoms with Gasteiger partial charge in [-0.3, -0.25) is 4.79 Å².